The molecule has 0 aliphatic carbocycles. The minimum absolute atomic E-state index is 0.757. The SMILES string of the molecule is C=Cc1ccccc1Cl.c1ccc([SiH]2CCCCO2)cc1. The molecule has 21 heavy (non-hydrogen) atoms. The zero-order valence-electron chi connectivity index (χ0n) is 12.2. The summed E-state index contributed by atoms with van der Waals surface area (Å²) in [6.07, 6.45) is 4.37. The Morgan fingerprint density at radius 1 is 1.00 bits per heavy atom. The number of hydrogen-bond acceptors (Lipinski definition) is 1. The molecule has 1 heterocycles. The van der Waals surface area contributed by atoms with Crippen molar-refractivity contribution in [1.29, 1.82) is 0 Å². The maximum atomic E-state index is 5.80. The molecular formula is C18H21ClOSi. The molecule has 1 aliphatic heterocycles. The molecule has 0 radical (unpaired) electrons. The van der Waals surface area contributed by atoms with Gasteiger partial charge in [-0.25, -0.2) is 0 Å². The Bertz CT molecular complexity index is 550. The van der Waals surface area contributed by atoms with E-state index >= 15 is 0 Å². The first-order valence-electron chi connectivity index (χ1n) is 7.35. The highest BCUT2D eigenvalue weighted by Crippen LogP contribution is 2.14. The van der Waals surface area contributed by atoms with Crippen molar-refractivity contribution in [3.63, 3.8) is 0 Å². The summed E-state index contributed by atoms with van der Waals surface area (Å²) in [5.41, 5.74) is 0.985. The lowest BCUT2D eigenvalue weighted by Gasteiger charge is -2.21. The second-order valence-corrected chi connectivity index (χ2v) is 7.95. The van der Waals surface area contributed by atoms with Gasteiger partial charge in [0.1, 0.15) is 0 Å². The standard InChI is InChI=1S/C10H14OSi.C8H7Cl/c1-2-6-10(7-3-1)12-9-5-4-8-11-12;1-2-7-5-3-4-6-8(7)9/h1-3,6-7,12H,4-5,8-9H2;2-6H,1H2. The van der Waals surface area contributed by atoms with Crippen molar-refractivity contribution in [1.82, 2.24) is 0 Å². The topological polar surface area (TPSA) is 9.23 Å². The van der Waals surface area contributed by atoms with Crippen LogP contribution < -0.4 is 5.19 Å². The van der Waals surface area contributed by atoms with E-state index in [1.54, 1.807) is 6.08 Å². The molecule has 3 heteroatoms. The molecule has 1 unspecified atom stereocenters. The molecule has 2 aromatic carbocycles. The normalized spacial score (nSPS) is 17.5. The zero-order valence-corrected chi connectivity index (χ0v) is 14.1. The minimum Gasteiger partial charge on any atom is -0.415 e. The second-order valence-electron chi connectivity index (χ2n) is 4.99. The first-order chi connectivity index (χ1) is 10.3. The maximum Gasteiger partial charge on any atom is 0.208 e. The van der Waals surface area contributed by atoms with Crippen LogP contribution in [0.5, 0.6) is 0 Å². The van der Waals surface area contributed by atoms with Gasteiger partial charge in [0, 0.05) is 11.6 Å². The summed E-state index contributed by atoms with van der Waals surface area (Å²) in [6, 6.07) is 19.6. The van der Waals surface area contributed by atoms with Crippen LogP contribution in [0.15, 0.2) is 61.2 Å². The highest BCUT2D eigenvalue weighted by molar-refractivity contribution is 6.67. The van der Waals surface area contributed by atoms with Crippen LogP contribution in [0.2, 0.25) is 11.1 Å². The Morgan fingerprint density at radius 2 is 1.71 bits per heavy atom. The molecule has 1 nitrogen and oxygen atoms in total. The number of halogens is 1. The van der Waals surface area contributed by atoms with Crippen LogP contribution in [0.1, 0.15) is 18.4 Å². The van der Waals surface area contributed by atoms with Gasteiger partial charge in [-0.1, -0.05) is 79.2 Å². The van der Waals surface area contributed by atoms with E-state index in [2.05, 4.69) is 36.9 Å². The van der Waals surface area contributed by atoms with E-state index in [4.69, 9.17) is 16.0 Å². The Morgan fingerprint density at radius 3 is 2.29 bits per heavy atom. The number of rotatable bonds is 2. The predicted molar refractivity (Wildman–Crippen MR) is 94.8 cm³/mol. The van der Waals surface area contributed by atoms with Gasteiger partial charge in [0.25, 0.3) is 0 Å². The highest BCUT2D eigenvalue weighted by Gasteiger charge is 2.17. The predicted octanol–water partition coefficient (Wildman–Crippen LogP) is 4.41. The van der Waals surface area contributed by atoms with Crippen molar-refractivity contribution in [3.05, 3.63) is 71.8 Å². The van der Waals surface area contributed by atoms with Gasteiger partial charge in [-0.3, -0.25) is 0 Å². The summed E-state index contributed by atoms with van der Waals surface area (Å²) >= 11 is 5.75. The van der Waals surface area contributed by atoms with Gasteiger partial charge in [0.15, 0.2) is 0 Å². The van der Waals surface area contributed by atoms with E-state index in [9.17, 15) is 0 Å². The molecule has 110 valence electrons. The smallest absolute Gasteiger partial charge is 0.208 e. The van der Waals surface area contributed by atoms with Crippen LogP contribution in [0.25, 0.3) is 6.08 Å². The number of hydrogen-bond donors (Lipinski definition) is 0. The molecule has 3 rings (SSSR count). The second kappa shape index (κ2) is 8.83. The third-order valence-electron chi connectivity index (χ3n) is 3.48. The summed E-state index contributed by atoms with van der Waals surface area (Å²) < 4.78 is 5.80. The van der Waals surface area contributed by atoms with Crippen LogP contribution in [0, 0.1) is 0 Å². The van der Waals surface area contributed by atoms with Gasteiger partial charge >= 0.3 is 0 Å². The fraction of sp³-hybridized carbons (Fsp3) is 0.222. The summed E-state index contributed by atoms with van der Waals surface area (Å²) in [5, 5.41) is 2.23. The summed E-state index contributed by atoms with van der Waals surface area (Å²) in [7, 11) is -0.984. The first-order valence-corrected chi connectivity index (χ1v) is 9.59. The largest absolute Gasteiger partial charge is 0.415 e. The molecule has 0 spiro atoms. The monoisotopic (exact) mass is 316 g/mol. The molecule has 1 atom stereocenters. The van der Waals surface area contributed by atoms with Gasteiger partial charge in [-0.05, 0) is 29.3 Å². The summed E-state index contributed by atoms with van der Waals surface area (Å²) in [5.74, 6) is 0. The Hall–Kier alpha value is -1.35. The quantitative estimate of drug-likeness (QED) is 0.746. The van der Waals surface area contributed by atoms with Gasteiger partial charge in [0.2, 0.25) is 9.04 Å². The van der Waals surface area contributed by atoms with E-state index in [1.165, 1.54) is 24.1 Å². The number of benzene rings is 2. The third kappa shape index (κ3) is 5.16. The fourth-order valence-corrected chi connectivity index (χ4v) is 4.98. The molecule has 0 aromatic heterocycles. The Kier molecular flexibility index (Phi) is 6.74. The zero-order chi connectivity index (χ0) is 14.9. The van der Waals surface area contributed by atoms with Crippen molar-refractivity contribution < 1.29 is 4.43 Å². The molecule has 1 saturated heterocycles. The van der Waals surface area contributed by atoms with Gasteiger partial charge in [0.05, 0.1) is 0 Å². The average molecular weight is 317 g/mol. The Labute approximate surface area is 134 Å². The van der Waals surface area contributed by atoms with E-state index in [0.717, 1.165) is 17.2 Å². The van der Waals surface area contributed by atoms with Crippen LogP contribution in [0.3, 0.4) is 0 Å². The van der Waals surface area contributed by atoms with Crippen LogP contribution in [-0.4, -0.2) is 15.6 Å². The van der Waals surface area contributed by atoms with Gasteiger partial charge < -0.3 is 4.43 Å². The average Bonchev–Trinajstić information content (AvgIpc) is 2.58. The maximum absolute atomic E-state index is 5.80. The van der Waals surface area contributed by atoms with Gasteiger partial charge in [-0.2, -0.15) is 0 Å². The van der Waals surface area contributed by atoms with Gasteiger partial charge in [-0.15, -0.1) is 0 Å². The molecule has 0 amide bonds. The summed E-state index contributed by atoms with van der Waals surface area (Å²) in [4.78, 5) is 0. The van der Waals surface area contributed by atoms with Crippen LogP contribution in [0.4, 0.5) is 0 Å². The minimum atomic E-state index is -0.984. The van der Waals surface area contributed by atoms with Crippen LogP contribution in [-0.2, 0) is 4.43 Å². The lowest BCUT2D eigenvalue weighted by molar-refractivity contribution is 0.294. The lowest BCUT2D eigenvalue weighted by Crippen LogP contribution is -2.36. The van der Waals surface area contributed by atoms with Crippen molar-refractivity contribution >= 4 is 31.9 Å². The first kappa shape index (κ1) is 16.0. The molecule has 1 aliphatic rings. The third-order valence-corrected chi connectivity index (χ3v) is 6.52. The molecule has 1 fully saturated rings. The molecule has 0 saturated carbocycles. The van der Waals surface area contributed by atoms with Crippen LogP contribution >= 0.6 is 11.6 Å². The highest BCUT2D eigenvalue weighted by atomic mass is 35.5. The van der Waals surface area contributed by atoms with E-state index in [0.29, 0.717) is 0 Å². The van der Waals surface area contributed by atoms with Crippen molar-refractivity contribution in [2.75, 3.05) is 6.61 Å². The molecular weight excluding hydrogens is 296 g/mol. The molecule has 2 aromatic rings. The van der Waals surface area contributed by atoms with E-state index < -0.39 is 9.04 Å². The van der Waals surface area contributed by atoms with Crippen molar-refractivity contribution in [2.45, 2.75) is 18.9 Å². The fourth-order valence-electron chi connectivity index (χ4n) is 2.31. The van der Waals surface area contributed by atoms with E-state index in [-0.39, 0.29) is 0 Å². The van der Waals surface area contributed by atoms with Crippen molar-refractivity contribution in [3.8, 4) is 0 Å². The molecule has 0 bridgehead atoms. The molecule has 0 N–H and O–H groups in total. The lowest BCUT2D eigenvalue weighted by atomic mass is 10.2. The van der Waals surface area contributed by atoms with Crippen molar-refractivity contribution in [2.24, 2.45) is 0 Å². The van der Waals surface area contributed by atoms with E-state index in [1.807, 2.05) is 24.3 Å². The summed E-state index contributed by atoms with van der Waals surface area (Å²) in [6.45, 7) is 4.60. The Balaban J connectivity index is 0.000000161.